The van der Waals surface area contributed by atoms with E-state index in [9.17, 15) is 39.6 Å². The van der Waals surface area contributed by atoms with Gasteiger partial charge in [-0.15, -0.1) is 0 Å². The Hall–Kier alpha value is -2.28. The molecule has 11 nitrogen and oxygen atoms in total. The van der Waals surface area contributed by atoms with Gasteiger partial charge in [0.25, 0.3) is 0 Å². The third-order valence-electron chi connectivity index (χ3n) is 9.91. The smallest absolute Gasteiger partial charge is 0.217 e. The summed E-state index contributed by atoms with van der Waals surface area (Å²) in [6.45, 7) is 2.95. The van der Waals surface area contributed by atoms with Crippen LogP contribution in [0, 0.1) is 28.6 Å². The zero-order valence-electron chi connectivity index (χ0n) is 23.3. The average molecular weight is 564 g/mol. The molecule has 3 saturated carbocycles. The van der Waals surface area contributed by atoms with Crippen molar-refractivity contribution in [1.82, 2.24) is 5.32 Å². The summed E-state index contributed by atoms with van der Waals surface area (Å²) in [6.07, 6.45) is 3.22. The van der Waals surface area contributed by atoms with Gasteiger partial charge in [0.2, 0.25) is 5.91 Å². The van der Waals surface area contributed by atoms with Gasteiger partial charge in [0.1, 0.15) is 30.2 Å². The lowest BCUT2D eigenvalue weighted by Gasteiger charge is -2.56. The first-order valence-corrected chi connectivity index (χ1v) is 13.9. The summed E-state index contributed by atoms with van der Waals surface area (Å²) >= 11 is 0. The number of ketones is 3. The van der Waals surface area contributed by atoms with Crippen LogP contribution in [0.15, 0.2) is 23.8 Å². The number of nitrogens with one attached hydrogen (secondary N) is 1. The van der Waals surface area contributed by atoms with Crippen LogP contribution >= 0.6 is 0 Å². The summed E-state index contributed by atoms with van der Waals surface area (Å²) in [4.78, 5) is 50.8. The van der Waals surface area contributed by atoms with Crippen LogP contribution in [0.4, 0.5) is 0 Å². The molecule has 3 fully saturated rings. The molecule has 4 aliphatic rings. The highest BCUT2D eigenvalue weighted by atomic mass is 16.7. The summed E-state index contributed by atoms with van der Waals surface area (Å²) in [5, 5.41) is 43.0. The van der Waals surface area contributed by atoms with E-state index in [0.29, 0.717) is 19.3 Å². The summed E-state index contributed by atoms with van der Waals surface area (Å²) in [5.74, 6) is -1.57. The molecule has 0 aromatic heterocycles. The van der Waals surface area contributed by atoms with Gasteiger partial charge in [-0.25, -0.2) is 0 Å². The molecular formula is C29H41NO10. The molecule has 0 radical (unpaired) electrons. The van der Waals surface area contributed by atoms with Gasteiger partial charge in [-0.3, -0.25) is 19.2 Å². The van der Waals surface area contributed by atoms with Crippen LogP contribution in [0.3, 0.4) is 0 Å². The van der Waals surface area contributed by atoms with Crippen molar-refractivity contribution in [1.29, 1.82) is 0 Å². The van der Waals surface area contributed by atoms with Crippen LogP contribution in [-0.4, -0.2) is 94.1 Å². The van der Waals surface area contributed by atoms with Crippen LogP contribution < -0.4 is 5.32 Å². The quantitative estimate of drug-likeness (QED) is 0.215. The Morgan fingerprint density at radius 3 is 2.55 bits per heavy atom. The maximum Gasteiger partial charge on any atom is 0.217 e. The van der Waals surface area contributed by atoms with Crippen LogP contribution in [0.2, 0.25) is 0 Å². The van der Waals surface area contributed by atoms with Gasteiger partial charge in [-0.2, -0.15) is 0 Å². The van der Waals surface area contributed by atoms with E-state index >= 15 is 0 Å². The SMILES string of the molecule is CC(=O)NC[C@H](OCC(=O)[C@@]1(O)CCC2C3CCC4=CC(=O)C=C[C@]4(C)C3C(=O)C[C@@]21C)OC(CO)[C@@H](O)CO. The van der Waals surface area contributed by atoms with Gasteiger partial charge in [-0.1, -0.05) is 25.5 Å². The summed E-state index contributed by atoms with van der Waals surface area (Å²) in [7, 11) is 0. The third-order valence-corrected chi connectivity index (χ3v) is 9.91. The lowest BCUT2D eigenvalue weighted by molar-refractivity contribution is -0.208. The predicted molar refractivity (Wildman–Crippen MR) is 140 cm³/mol. The van der Waals surface area contributed by atoms with Crippen LogP contribution in [0.1, 0.15) is 52.9 Å². The predicted octanol–water partition coefficient (Wildman–Crippen LogP) is -0.0170. The van der Waals surface area contributed by atoms with Gasteiger partial charge in [0, 0.05) is 30.1 Å². The van der Waals surface area contributed by atoms with E-state index < -0.39 is 66.4 Å². The molecule has 9 atom stereocenters. The normalized spacial score (nSPS) is 37.1. The number of allylic oxidation sites excluding steroid dienone is 4. The molecule has 0 aromatic carbocycles. The molecule has 0 spiro atoms. The highest BCUT2D eigenvalue weighted by Crippen LogP contribution is 2.66. The fraction of sp³-hybridized carbons (Fsp3) is 0.724. The highest BCUT2D eigenvalue weighted by molar-refractivity contribution is 6.02. The van der Waals surface area contributed by atoms with E-state index in [1.165, 1.54) is 13.0 Å². The average Bonchev–Trinajstić information content (AvgIpc) is 3.18. The molecule has 40 heavy (non-hydrogen) atoms. The molecule has 4 aliphatic carbocycles. The molecular weight excluding hydrogens is 522 g/mol. The number of rotatable bonds is 11. The summed E-state index contributed by atoms with van der Waals surface area (Å²) in [6, 6.07) is 0. The number of carbonyl (C=O) groups excluding carboxylic acids is 4. The zero-order chi connectivity index (χ0) is 29.5. The van der Waals surface area contributed by atoms with Crippen LogP contribution in [0.25, 0.3) is 0 Å². The third kappa shape index (κ3) is 5.23. The van der Waals surface area contributed by atoms with Crippen molar-refractivity contribution in [2.75, 3.05) is 26.4 Å². The van der Waals surface area contributed by atoms with E-state index in [2.05, 4.69) is 5.32 Å². The standard InChI is InChI=1S/C29H41NO10/c1-16(33)30-12-25(40-23(14-32)22(36)13-31)39-15-24(37)29(38)9-7-20-19-5-4-17-10-18(34)6-8-27(17,2)26(19)21(35)11-28(20,29)3/h6,8,10,19-20,22-23,25-26,31-32,36,38H,4-5,7,9,11-15H2,1-3H3,(H,30,33)/t19?,20?,22-,23?,25+,26?,27-,28-,29-/m0/s1. The molecule has 0 aliphatic heterocycles. The molecule has 0 bridgehead atoms. The van der Waals surface area contributed by atoms with Crippen molar-refractivity contribution in [3.05, 3.63) is 23.8 Å². The maximum atomic E-state index is 13.8. The largest absolute Gasteiger partial charge is 0.394 e. The summed E-state index contributed by atoms with van der Waals surface area (Å²) in [5.41, 5.74) is -2.42. The minimum Gasteiger partial charge on any atom is -0.394 e. The van der Waals surface area contributed by atoms with E-state index in [-0.39, 0.29) is 48.7 Å². The van der Waals surface area contributed by atoms with E-state index in [4.69, 9.17) is 9.47 Å². The number of hydrogen-bond donors (Lipinski definition) is 5. The first-order chi connectivity index (χ1) is 18.8. The number of fused-ring (bicyclic) bond motifs is 5. The first-order valence-electron chi connectivity index (χ1n) is 13.9. The number of aliphatic hydroxyl groups excluding tert-OH is 3. The van der Waals surface area contributed by atoms with Gasteiger partial charge in [0.15, 0.2) is 17.9 Å². The van der Waals surface area contributed by atoms with E-state index in [1.54, 1.807) is 13.0 Å². The van der Waals surface area contributed by atoms with Crippen molar-refractivity contribution < 1.29 is 49.1 Å². The van der Waals surface area contributed by atoms with Gasteiger partial charge in [0.05, 0.1) is 19.8 Å². The molecule has 0 aromatic rings. The number of carbonyl (C=O) groups is 4. The molecule has 4 unspecified atom stereocenters. The second-order valence-electron chi connectivity index (χ2n) is 12.1. The Morgan fingerprint density at radius 1 is 1.18 bits per heavy atom. The molecule has 4 rings (SSSR count). The Labute approximate surface area is 233 Å². The zero-order valence-corrected chi connectivity index (χ0v) is 23.3. The van der Waals surface area contributed by atoms with Crippen LogP contribution in [-0.2, 0) is 28.7 Å². The first kappa shape index (κ1) is 30.7. The molecule has 1 amide bonds. The van der Waals surface area contributed by atoms with Gasteiger partial charge < -0.3 is 35.2 Å². The minimum atomic E-state index is -1.83. The molecule has 5 N–H and O–H groups in total. The lowest BCUT2D eigenvalue weighted by atomic mass is 9.46. The Kier molecular flexibility index (Phi) is 8.85. The monoisotopic (exact) mass is 563 g/mol. The fourth-order valence-electron chi connectivity index (χ4n) is 7.72. The van der Waals surface area contributed by atoms with E-state index in [0.717, 1.165) is 5.57 Å². The summed E-state index contributed by atoms with van der Waals surface area (Å²) < 4.78 is 11.1. The van der Waals surface area contributed by atoms with Crippen molar-refractivity contribution >= 4 is 23.3 Å². The Bertz CT molecular complexity index is 1100. The molecule has 0 heterocycles. The van der Waals surface area contributed by atoms with Crippen molar-refractivity contribution in [2.45, 2.75) is 77.0 Å². The van der Waals surface area contributed by atoms with Crippen molar-refractivity contribution in [2.24, 2.45) is 28.6 Å². The van der Waals surface area contributed by atoms with Gasteiger partial charge in [-0.05, 0) is 49.7 Å². The Morgan fingerprint density at radius 2 is 1.90 bits per heavy atom. The lowest BCUT2D eigenvalue weighted by Crippen LogP contribution is -2.60. The second-order valence-corrected chi connectivity index (χ2v) is 12.1. The molecule has 222 valence electrons. The number of aliphatic hydroxyl groups is 4. The minimum absolute atomic E-state index is 0.0207. The maximum absolute atomic E-state index is 13.8. The molecule has 0 saturated heterocycles. The van der Waals surface area contributed by atoms with E-state index in [1.807, 2.05) is 13.0 Å². The Balaban J connectivity index is 1.51. The number of Topliss-reactive ketones (excluding diaryl/α,β-unsaturated/α-hetero) is 2. The second kappa shape index (κ2) is 11.5. The topological polar surface area (TPSA) is 180 Å². The van der Waals surface area contributed by atoms with Gasteiger partial charge >= 0.3 is 0 Å². The fourth-order valence-corrected chi connectivity index (χ4v) is 7.72. The van der Waals surface area contributed by atoms with Crippen molar-refractivity contribution in [3.63, 3.8) is 0 Å². The number of ether oxygens (including phenoxy) is 2. The highest BCUT2D eigenvalue weighted by Gasteiger charge is 2.68. The number of hydrogen-bond acceptors (Lipinski definition) is 10. The number of amides is 1. The van der Waals surface area contributed by atoms with Crippen molar-refractivity contribution in [3.8, 4) is 0 Å². The van der Waals surface area contributed by atoms with Crippen LogP contribution in [0.5, 0.6) is 0 Å². The molecule has 11 heteroatoms.